The van der Waals surface area contributed by atoms with E-state index in [0.29, 0.717) is 55.6 Å². The molecular weight excluding hydrogens is 461 g/mol. The van der Waals surface area contributed by atoms with Crippen molar-refractivity contribution in [3.05, 3.63) is 65.1 Å². The summed E-state index contributed by atoms with van der Waals surface area (Å²) in [6.45, 7) is 11.0. The van der Waals surface area contributed by atoms with Gasteiger partial charge < -0.3 is 20.3 Å². The molecule has 0 radical (unpaired) electrons. The van der Waals surface area contributed by atoms with Crippen LogP contribution in [0.2, 0.25) is 0 Å². The molecule has 9 heteroatoms. The summed E-state index contributed by atoms with van der Waals surface area (Å²) < 4.78 is 19.7. The summed E-state index contributed by atoms with van der Waals surface area (Å²) in [6.07, 6.45) is 0. The van der Waals surface area contributed by atoms with E-state index >= 15 is 0 Å². The zero-order chi connectivity index (χ0) is 25.9. The Morgan fingerprint density at radius 3 is 2.56 bits per heavy atom. The maximum absolute atomic E-state index is 14.3. The first kappa shape index (κ1) is 25.4. The largest absolute Gasteiger partial charge is 0.378 e. The second kappa shape index (κ2) is 10.5. The van der Waals surface area contributed by atoms with Crippen molar-refractivity contribution in [1.82, 2.24) is 15.5 Å². The number of nitrogens with zero attached hydrogens (tertiary/aromatic N) is 2. The van der Waals surface area contributed by atoms with Gasteiger partial charge in [0.15, 0.2) is 0 Å². The lowest BCUT2D eigenvalue weighted by Gasteiger charge is -2.29. The molecule has 36 heavy (non-hydrogen) atoms. The Morgan fingerprint density at radius 1 is 1.08 bits per heavy atom. The smallest absolute Gasteiger partial charge is 0.269 e. The van der Waals surface area contributed by atoms with Crippen LogP contribution in [-0.2, 0) is 4.74 Å². The van der Waals surface area contributed by atoms with E-state index in [1.807, 2.05) is 38.7 Å². The van der Waals surface area contributed by atoms with E-state index in [2.05, 4.69) is 20.8 Å². The fourth-order valence-electron chi connectivity index (χ4n) is 3.91. The molecule has 4 rings (SSSR count). The number of aryl methyl sites for hydroxylation is 1. The zero-order valence-corrected chi connectivity index (χ0v) is 21.1. The van der Waals surface area contributed by atoms with E-state index in [9.17, 15) is 14.0 Å². The Labute approximate surface area is 210 Å². The molecule has 2 amide bonds. The number of carbonyl (C=O) groups is 2. The number of morpholine rings is 1. The van der Waals surface area contributed by atoms with Crippen LogP contribution >= 0.6 is 0 Å². The summed E-state index contributed by atoms with van der Waals surface area (Å²) in [6, 6.07) is 11.5. The average molecular weight is 494 g/mol. The second-order valence-corrected chi connectivity index (χ2v) is 10.2. The van der Waals surface area contributed by atoms with Crippen LogP contribution in [-0.4, -0.2) is 54.9 Å². The Bertz CT molecular complexity index is 1260. The summed E-state index contributed by atoms with van der Waals surface area (Å²) in [5.41, 5.74) is 4.04. The summed E-state index contributed by atoms with van der Waals surface area (Å²) in [4.78, 5) is 27.5. The van der Waals surface area contributed by atoms with E-state index in [-0.39, 0.29) is 16.9 Å². The molecule has 3 aromatic rings. The number of halogens is 1. The molecule has 0 saturated carbocycles. The van der Waals surface area contributed by atoms with E-state index < -0.39 is 11.7 Å². The van der Waals surface area contributed by atoms with Crippen LogP contribution in [0.25, 0.3) is 11.3 Å². The van der Waals surface area contributed by atoms with Crippen molar-refractivity contribution in [2.75, 3.05) is 43.1 Å². The van der Waals surface area contributed by atoms with Crippen molar-refractivity contribution in [2.45, 2.75) is 27.7 Å². The maximum Gasteiger partial charge on any atom is 0.269 e. The minimum Gasteiger partial charge on any atom is -0.378 e. The average Bonchev–Trinajstić information content (AvgIpc) is 3.33. The minimum atomic E-state index is -0.470. The summed E-state index contributed by atoms with van der Waals surface area (Å²) in [5, 5.41) is 12.8. The fraction of sp³-hybridized carbons (Fsp3) is 0.370. The normalized spacial score (nSPS) is 14.0. The van der Waals surface area contributed by atoms with Crippen molar-refractivity contribution >= 4 is 23.2 Å². The van der Waals surface area contributed by atoms with E-state index in [0.717, 1.165) is 11.1 Å². The number of nitrogens with one attached hydrogen (secondary N) is 3. The highest BCUT2D eigenvalue weighted by Gasteiger charge is 2.18. The standard InChI is InChI=1S/C27H32FN5O3/c1-17-5-6-20(14-22(17)23-15-24(32-31-23)26(35)29-16-27(2,3)4)30-25(34)18-11-19(28)13-21(12-18)33-7-9-36-10-8-33/h5-6,11-15H,7-10,16H2,1-4H3,(H,29,35)(H,30,34)(H,31,32). The van der Waals surface area contributed by atoms with E-state index in [1.165, 1.54) is 12.1 Å². The van der Waals surface area contributed by atoms with Crippen LogP contribution < -0.4 is 15.5 Å². The number of aromatic nitrogens is 2. The number of amides is 2. The van der Waals surface area contributed by atoms with Gasteiger partial charge in [0.1, 0.15) is 11.5 Å². The number of ether oxygens (including phenoxy) is 1. The predicted molar refractivity (Wildman–Crippen MR) is 138 cm³/mol. The third-order valence-electron chi connectivity index (χ3n) is 5.89. The molecule has 3 N–H and O–H groups in total. The predicted octanol–water partition coefficient (Wildman–Crippen LogP) is 4.39. The van der Waals surface area contributed by atoms with Gasteiger partial charge in [-0.2, -0.15) is 5.10 Å². The fourth-order valence-corrected chi connectivity index (χ4v) is 3.91. The third kappa shape index (κ3) is 6.28. The monoisotopic (exact) mass is 493 g/mol. The first-order valence-electron chi connectivity index (χ1n) is 12.0. The molecule has 0 atom stereocenters. The summed E-state index contributed by atoms with van der Waals surface area (Å²) >= 11 is 0. The molecule has 0 aliphatic carbocycles. The summed E-state index contributed by atoms with van der Waals surface area (Å²) in [7, 11) is 0. The molecule has 1 saturated heterocycles. The number of benzene rings is 2. The van der Waals surface area contributed by atoms with Crippen LogP contribution in [0.4, 0.5) is 15.8 Å². The van der Waals surface area contributed by atoms with Gasteiger partial charge in [-0.1, -0.05) is 26.8 Å². The van der Waals surface area contributed by atoms with Crippen LogP contribution in [0.3, 0.4) is 0 Å². The Kier molecular flexibility index (Phi) is 7.40. The van der Waals surface area contributed by atoms with Gasteiger partial charge in [-0.3, -0.25) is 14.7 Å². The summed E-state index contributed by atoms with van der Waals surface area (Å²) in [5.74, 6) is -1.11. The van der Waals surface area contributed by atoms with Crippen molar-refractivity contribution in [2.24, 2.45) is 5.41 Å². The molecule has 1 aliphatic heterocycles. The third-order valence-corrected chi connectivity index (χ3v) is 5.89. The lowest BCUT2D eigenvalue weighted by atomic mass is 9.97. The van der Waals surface area contributed by atoms with Gasteiger partial charge in [-0.05, 0) is 54.3 Å². The number of anilines is 2. The quantitative estimate of drug-likeness (QED) is 0.473. The number of hydrogen-bond acceptors (Lipinski definition) is 5. The number of carbonyl (C=O) groups excluding carboxylic acids is 2. The zero-order valence-electron chi connectivity index (χ0n) is 21.1. The number of rotatable bonds is 6. The number of H-pyrrole nitrogens is 1. The first-order valence-corrected chi connectivity index (χ1v) is 12.0. The van der Waals surface area contributed by atoms with Crippen LogP contribution in [0, 0.1) is 18.2 Å². The second-order valence-electron chi connectivity index (χ2n) is 10.2. The molecule has 0 unspecified atom stereocenters. The molecular formula is C27H32FN5O3. The molecule has 2 heterocycles. The van der Waals surface area contributed by atoms with Gasteiger partial charge in [0, 0.05) is 42.1 Å². The topological polar surface area (TPSA) is 99.4 Å². The first-order chi connectivity index (χ1) is 17.1. The number of hydrogen-bond donors (Lipinski definition) is 3. The minimum absolute atomic E-state index is 0.0355. The SMILES string of the molecule is Cc1ccc(NC(=O)c2cc(F)cc(N3CCOCC3)c2)cc1-c1cc(C(=O)NCC(C)(C)C)[nH]n1. The molecule has 1 fully saturated rings. The van der Waals surface area contributed by atoms with E-state index in [1.54, 1.807) is 24.3 Å². The molecule has 190 valence electrons. The van der Waals surface area contributed by atoms with Gasteiger partial charge in [0.2, 0.25) is 0 Å². The number of aromatic amines is 1. The van der Waals surface area contributed by atoms with Gasteiger partial charge in [-0.15, -0.1) is 0 Å². The molecule has 1 aromatic heterocycles. The molecule has 2 aromatic carbocycles. The highest BCUT2D eigenvalue weighted by atomic mass is 19.1. The van der Waals surface area contributed by atoms with Crippen LogP contribution in [0.15, 0.2) is 42.5 Å². The van der Waals surface area contributed by atoms with Crippen molar-refractivity contribution in [3.8, 4) is 11.3 Å². The van der Waals surface area contributed by atoms with Crippen LogP contribution in [0.1, 0.15) is 47.2 Å². The van der Waals surface area contributed by atoms with Crippen LogP contribution in [0.5, 0.6) is 0 Å². The van der Waals surface area contributed by atoms with Gasteiger partial charge >= 0.3 is 0 Å². The van der Waals surface area contributed by atoms with Crippen molar-refractivity contribution < 1.29 is 18.7 Å². The Balaban J connectivity index is 1.50. The van der Waals surface area contributed by atoms with Crippen molar-refractivity contribution in [3.63, 3.8) is 0 Å². The van der Waals surface area contributed by atoms with E-state index in [4.69, 9.17) is 4.74 Å². The molecule has 0 spiro atoms. The lowest BCUT2D eigenvalue weighted by Crippen LogP contribution is -2.36. The molecule has 8 nitrogen and oxygen atoms in total. The molecule has 1 aliphatic rings. The van der Waals surface area contributed by atoms with Gasteiger partial charge in [0.25, 0.3) is 11.8 Å². The Morgan fingerprint density at radius 2 is 1.83 bits per heavy atom. The Hall–Kier alpha value is -3.72. The molecule has 0 bridgehead atoms. The van der Waals surface area contributed by atoms with Gasteiger partial charge in [0.05, 0.1) is 18.9 Å². The maximum atomic E-state index is 14.3. The van der Waals surface area contributed by atoms with Crippen molar-refractivity contribution in [1.29, 1.82) is 0 Å². The van der Waals surface area contributed by atoms with Gasteiger partial charge in [-0.25, -0.2) is 4.39 Å². The lowest BCUT2D eigenvalue weighted by molar-refractivity contribution is 0.0933. The highest BCUT2D eigenvalue weighted by molar-refractivity contribution is 6.05. The highest BCUT2D eigenvalue weighted by Crippen LogP contribution is 2.27.